The van der Waals surface area contributed by atoms with Gasteiger partial charge in [0, 0.05) is 43.4 Å². The molecule has 0 radical (unpaired) electrons. The van der Waals surface area contributed by atoms with Crippen LogP contribution in [0.15, 0.2) is 48.5 Å². The van der Waals surface area contributed by atoms with E-state index in [0.29, 0.717) is 31.2 Å². The number of anilines is 1. The molecule has 4 rings (SSSR count). The number of fused-ring (bicyclic) bond motifs is 1. The van der Waals surface area contributed by atoms with Gasteiger partial charge in [0.25, 0.3) is 11.8 Å². The average molecular weight is 491 g/mol. The Morgan fingerprint density at radius 2 is 1.48 bits per heavy atom. The third-order valence-corrected chi connectivity index (χ3v) is 7.81. The van der Waals surface area contributed by atoms with Crippen molar-refractivity contribution in [1.82, 2.24) is 14.5 Å². The Morgan fingerprint density at radius 1 is 0.909 bits per heavy atom. The molecule has 33 heavy (non-hydrogen) atoms. The lowest BCUT2D eigenvalue weighted by Gasteiger charge is -2.35. The summed E-state index contributed by atoms with van der Waals surface area (Å²) < 4.78 is 26.8. The van der Waals surface area contributed by atoms with Gasteiger partial charge >= 0.3 is 0 Å². The van der Waals surface area contributed by atoms with Crippen LogP contribution in [0.25, 0.3) is 0 Å². The topological polar surface area (TPSA) is 107 Å². The van der Waals surface area contributed by atoms with Gasteiger partial charge in [-0.05, 0) is 36.4 Å². The Bertz CT molecular complexity index is 1140. The Morgan fingerprint density at radius 3 is 2.06 bits per heavy atom. The molecule has 0 bridgehead atoms. The predicted octanol–water partition coefficient (Wildman–Crippen LogP) is 1.20. The number of piperazine rings is 1. The second kappa shape index (κ2) is 9.50. The SMILES string of the molecule is O=C(CN1C(=O)c2ccccc2C1=O)NCCS(=O)(=O)N1CCN(c2ccc(Cl)cc2)CC1. The summed E-state index contributed by atoms with van der Waals surface area (Å²) in [6.07, 6.45) is 0. The van der Waals surface area contributed by atoms with Gasteiger partial charge in [0.05, 0.1) is 16.9 Å². The predicted molar refractivity (Wildman–Crippen MR) is 124 cm³/mol. The molecular formula is C22H23ClN4O5S. The van der Waals surface area contributed by atoms with Gasteiger partial charge in [0.1, 0.15) is 6.54 Å². The number of imide groups is 1. The largest absolute Gasteiger partial charge is 0.369 e. The van der Waals surface area contributed by atoms with Gasteiger partial charge < -0.3 is 10.2 Å². The van der Waals surface area contributed by atoms with Crippen molar-refractivity contribution in [2.75, 3.05) is 49.9 Å². The smallest absolute Gasteiger partial charge is 0.262 e. The summed E-state index contributed by atoms with van der Waals surface area (Å²) in [5.41, 5.74) is 1.50. The number of nitrogens with zero attached hydrogens (tertiary/aromatic N) is 3. The summed E-state index contributed by atoms with van der Waals surface area (Å²) in [6, 6.07) is 13.8. The molecule has 11 heteroatoms. The molecule has 3 amide bonds. The molecule has 174 valence electrons. The fourth-order valence-corrected chi connectivity index (χ4v) is 5.37. The van der Waals surface area contributed by atoms with Crippen molar-refractivity contribution >= 4 is 45.0 Å². The highest BCUT2D eigenvalue weighted by Gasteiger charge is 2.36. The van der Waals surface area contributed by atoms with Crippen LogP contribution in [-0.2, 0) is 14.8 Å². The summed E-state index contributed by atoms with van der Waals surface area (Å²) in [5.74, 6) is -1.91. The highest BCUT2D eigenvalue weighted by molar-refractivity contribution is 7.89. The first-order chi connectivity index (χ1) is 15.8. The number of carbonyl (C=O) groups is 3. The lowest BCUT2D eigenvalue weighted by atomic mass is 10.1. The third kappa shape index (κ3) is 5.02. The molecule has 2 aromatic rings. The molecule has 1 saturated heterocycles. The van der Waals surface area contributed by atoms with Gasteiger partial charge in [-0.25, -0.2) is 8.42 Å². The van der Waals surface area contributed by atoms with Crippen molar-refractivity contribution < 1.29 is 22.8 Å². The summed E-state index contributed by atoms with van der Waals surface area (Å²) in [4.78, 5) is 39.9. The van der Waals surface area contributed by atoms with Gasteiger partial charge in [-0.1, -0.05) is 23.7 Å². The minimum Gasteiger partial charge on any atom is -0.369 e. The Balaban J connectivity index is 1.24. The van der Waals surface area contributed by atoms with Gasteiger partial charge in [-0.2, -0.15) is 4.31 Å². The number of nitrogens with one attached hydrogen (secondary N) is 1. The number of rotatable bonds is 7. The fourth-order valence-electron chi connectivity index (χ4n) is 3.91. The number of benzene rings is 2. The molecule has 0 unspecified atom stereocenters. The standard InChI is InChI=1S/C22H23ClN4O5S/c23-16-5-7-17(8-6-16)25-10-12-26(13-11-25)33(31,32)14-9-24-20(28)15-27-21(29)18-3-1-2-4-19(18)22(27)30/h1-8H,9-15H2,(H,24,28). The fraction of sp³-hybridized carbons (Fsp3) is 0.318. The molecular weight excluding hydrogens is 468 g/mol. The minimum absolute atomic E-state index is 0.109. The van der Waals surface area contributed by atoms with E-state index in [4.69, 9.17) is 11.6 Å². The van der Waals surface area contributed by atoms with E-state index >= 15 is 0 Å². The first-order valence-corrected chi connectivity index (χ1v) is 12.5. The summed E-state index contributed by atoms with van der Waals surface area (Å²) in [6.45, 7) is 1.22. The monoisotopic (exact) mass is 490 g/mol. The van der Waals surface area contributed by atoms with Crippen LogP contribution in [0.5, 0.6) is 0 Å². The van der Waals surface area contributed by atoms with Crippen molar-refractivity contribution in [2.45, 2.75) is 0 Å². The van der Waals surface area contributed by atoms with E-state index in [9.17, 15) is 22.8 Å². The molecule has 0 aromatic heterocycles. The van der Waals surface area contributed by atoms with Gasteiger partial charge in [-0.15, -0.1) is 0 Å². The molecule has 0 spiro atoms. The van der Waals surface area contributed by atoms with E-state index in [-0.39, 0.29) is 23.4 Å². The highest BCUT2D eigenvalue weighted by atomic mass is 35.5. The Hall–Kier alpha value is -2.95. The molecule has 0 atom stereocenters. The zero-order valence-corrected chi connectivity index (χ0v) is 19.3. The maximum atomic E-state index is 12.7. The number of sulfonamides is 1. The van der Waals surface area contributed by atoms with Crippen molar-refractivity contribution in [1.29, 1.82) is 0 Å². The van der Waals surface area contributed by atoms with Crippen LogP contribution >= 0.6 is 11.6 Å². The van der Waals surface area contributed by atoms with Crippen LogP contribution < -0.4 is 10.2 Å². The molecule has 9 nitrogen and oxygen atoms in total. The van der Waals surface area contributed by atoms with Crippen LogP contribution in [0.4, 0.5) is 5.69 Å². The van der Waals surface area contributed by atoms with Crippen LogP contribution in [0, 0.1) is 0 Å². The van der Waals surface area contributed by atoms with E-state index in [2.05, 4.69) is 10.2 Å². The Kier molecular flexibility index (Phi) is 6.68. The zero-order valence-electron chi connectivity index (χ0n) is 17.7. The molecule has 2 aliphatic rings. The van der Waals surface area contributed by atoms with Crippen molar-refractivity contribution in [3.05, 3.63) is 64.7 Å². The van der Waals surface area contributed by atoms with Gasteiger partial charge in [0.2, 0.25) is 15.9 Å². The van der Waals surface area contributed by atoms with E-state index in [1.165, 1.54) is 16.4 Å². The molecule has 1 N–H and O–H groups in total. The minimum atomic E-state index is -3.56. The van der Waals surface area contributed by atoms with Gasteiger partial charge in [-0.3, -0.25) is 19.3 Å². The van der Waals surface area contributed by atoms with Crippen LogP contribution in [0.2, 0.25) is 5.02 Å². The number of hydrogen-bond acceptors (Lipinski definition) is 6. The third-order valence-electron chi connectivity index (χ3n) is 5.69. The van der Waals surface area contributed by atoms with E-state index in [1.807, 2.05) is 12.1 Å². The lowest BCUT2D eigenvalue weighted by Crippen LogP contribution is -2.50. The number of hydrogen-bond donors (Lipinski definition) is 1. The summed E-state index contributed by atoms with van der Waals surface area (Å²) >= 11 is 5.92. The molecule has 0 aliphatic carbocycles. The maximum Gasteiger partial charge on any atom is 0.262 e. The van der Waals surface area contributed by atoms with Crippen molar-refractivity contribution in [2.24, 2.45) is 0 Å². The quantitative estimate of drug-likeness (QED) is 0.584. The summed E-state index contributed by atoms with van der Waals surface area (Å²) in [7, 11) is -3.56. The highest BCUT2D eigenvalue weighted by Crippen LogP contribution is 2.22. The van der Waals surface area contributed by atoms with Gasteiger partial charge in [0.15, 0.2) is 0 Å². The zero-order chi connectivity index (χ0) is 23.6. The first kappa shape index (κ1) is 23.2. The maximum absolute atomic E-state index is 12.7. The second-order valence-electron chi connectivity index (χ2n) is 7.77. The molecule has 2 heterocycles. The first-order valence-electron chi connectivity index (χ1n) is 10.5. The summed E-state index contributed by atoms with van der Waals surface area (Å²) in [5, 5.41) is 3.14. The normalized spacial score (nSPS) is 16.8. The van der Waals surface area contributed by atoms with Crippen LogP contribution in [0.1, 0.15) is 20.7 Å². The molecule has 2 aromatic carbocycles. The van der Waals surface area contributed by atoms with Crippen LogP contribution in [-0.4, -0.2) is 80.4 Å². The number of amides is 3. The van der Waals surface area contributed by atoms with Crippen LogP contribution in [0.3, 0.4) is 0 Å². The number of halogens is 1. The molecule has 1 fully saturated rings. The van der Waals surface area contributed by atoms with E-state index in [0.717, 1.165) is 10.6 Å². The lowest BCUT2D eigenvalue weighted by molar-refractivity contribution is -0.121. The molecule has 2 aliphatic heterocycles. The average Bonchev–Trinajstić information content (AvgIpc) is 3.04. The number of carbonyl (C=O) groups excluding carboxylic acids is 3. The Labute approximate surface area is 197 Å². The van der Waals surface area contributed by atoms with E-state index in [1.54, 1.807) is 24.3 Å². The van der Waals surface area contributed by atoms with Crippen molar-refractivity contribution in [3.63, 3.8) is 0 Å². The molecule has 0 saturated carbocycles. The van der Waals surface area contributed by atoms with Crippen molar-refractivity contribution in [3.8, 4) is 0 Å². The van der Waals surface area contributed by atoms with E-state index < -0.39 is 34.3 Å². The second-order valence-corrected chi connectivity index (χ2v) is 10.3.